The van der Waals surface area contributed by atoms with Gasteiger partial charge in [-0.3, -0.25) is 4.98 Å². The molecule has 0 bridgehead atoms. The van der Waals surface area contributed by atoms with Gasteiger partial charge >= 0.3 is 0 Å². The van der Waals surface area contributed by atoms with Gasteiger partial charge in [-0.2, -0.15) is 0 Å². The maximum atomic E-state index is 13.9. The van der Waals surface area contributed by atoms with Gasteiger partial charge in [0.1, 0.15) is 11.6 Å². The molecule has 4 heteroatoms. The molecular weight excluding hydrogens is 246 g/mol. The Morgan fingerprint density at radius 1 is 1.16 bits per heavy atom. The average Bonchev–Trinajstić information content (AvgIpc) is 2.38. The largest absolute Gasteiger partial charge is 0.306 e. The minimum atomic E-state index is -0.547. The summed E-state index contributed by atoms with van der Waals surface area (Å²) >= 11 is 0. The third-order valence-electron chi connectivity index (χ3n) is 3.06. The molecule has 100 valence electrons. The molecule has 1 heterocycles. The van der Waals surface area contributed by atoms with Crippen molar-refractivity contribution in [2.75, 3.05) is 6.54 Å². The van der Waals surface area contributed by atoms with Gasteiger partial charge in [0.25, 0.3) is 0 Å². The fourth-order valence-electron chi connectivity index (χ4n) is 2.16. The lowest BCUT2D eigenvalue weighted by Gasteiger charge is -2.21. The van der Waals surface area contributed by atoms with Gasteiger partial charge in [0.05, 0.1) is 6.04 Å². The van der Waals surface area contributed by atoms with E-state index in [1.807, 2.05) is 19.9 Å². The number of benzene rings is 1. The van der Waals surface area contributed by atoms with Gasteiger partial charge < -0.3 is 5.32 Å². The predicted molar refractivity (Wildman–Crippen MR) is 70.9 cm³/mol. The van der Waals surface area contributed by atoms with Gasteiger partial charge in [0, 0.05) is 17.5 Å². The minimum absolute atomic E-state index is 0.0421. The summed E-state index contributed by atoms with van der Waals surface area (Å²) in [6.45, 7) is 4.34. The number of aryl methyl sites for hydroxylation is 1. The van der Waals surface area contributed by atoms with Crippen LogP contribution in [0, 0.1) is 18.6 Å². The Morgan fingerprint density at radius 2 is 1.84 bits per heavy atom. The van der Waals surface area contributed by atoms with Gasteiger partial charge in [0.2, 0.25) is 0 Å². The molecule has 0 spiro atoms. The van der Waals surface area contributed by atoms with Crippen molar-refractivity contribution in [2.24, 2.45) is 0 Å². The first kappa shape index (κ1) is 13.6. The normalized spacial score (nSPS) is 12.4. The Morgan fingerprint density at radius 3 is 2.42 bits per heavy atom. The molecule has 0 aliphatic carbocycles. The first-order valence-electron chi connectivity index (χ1n) is 6.24. The molecule has 0 saturated heterocycles. The smallest absolute Gasteiger partial charge is 0.131 e. The lowest BCUT2D eigenvalue weighted by atomic mass is 9.96. The number of halogens is 2. The number of nitrogens with one attached hydrogen (secondary N) is 1. The fourth-order valence-corrected chi connectivity index (χ4v) is 2.16. The summed E-state index contributed by atoms with van der Waals surface area (Å²) in [5, 5.41) is 3.12. The fraction of sp³-hybridized carbons (Fsp3) is 0.267. The highest BCUT2D eigenvalue weighted by atomic mass is 19.1. The molecule has 19 heavy (non-hydrogen) atoms. The van der Waals surface area contributed by atoms with E-state index in [0.29, 0.717) is 6.54 Å². The van der Waals surface area contributed by atoms with Crippen molar-refractivity contribution in [1.82, 2.24) is 10.3 Å². The van der Waals surface area contributed by atoms with Gasteiger partial charge in [-0.15, -0.1) is 0 Å². The van der Waals surface area contributed by atoms with Crippen LogP contribution in [-0.4, -0.2) is 11.5 Å². The zero-order valence-electron chi connectivity index (χ0n) is 11.0. The molecule has 0 saturated carbocycles. The van der Waals surface area contributed by atoms with Crippen LogP contribution in [0.4, 0.5) is 8.78 Å². The van der Waals surface area contributed by atoms with Gasteiger partial charge in [-0.1, -0.05) is 19.1 Å². The molecule has 1 N–H and O–H groups in total. The second kappa shape index (κ2) is 5.89. The summed E-state index contributed by atoms with van der Waals surface area (Å²) in [6, 6.07) is 6.99. The Bertz CT molecular complexity index is 550. The number of aromatic nitrogens is 1. The Hall–Kier alpha value is -1.81. The number of hydrogen-bond donors (Lipinski definition) is 1. The van der Waals surface area contributed by atoms with Crippen LogP contribution in [0.5, 0.6) is 0 Å². The van der Waals surface area contributed by atoms with Crippen molar-refractivity contribution in [3.05, 3.63) is 65.0 Å². The standard InChI is InChI=1S/C15H16F2N2/c1-3-18-15(11-6-5-9-19-10(11)2)14-12(16)7-4-8-13(14)17/h4-9,15,18H,3H2,1-2H3. The minimum Gasteiger partial charge on any atom is -0.306 e. The van der Waals surface area contributed by atoms with Crippen LogP contribution in [0.2, 0.25) is 0 Å². The zero-order valence-corrected chi connectivity index (χ0v) is 11.0. The van der Waals surface area contributed by atoms with Crippen LogP contribution in [0.3, 0.4) is 0 Å². The molecule has 1 aromatic carbocycles. The molecule has 0 fully saturated rings. The van der Waals surface area contributed by atoms with Crippen molar-refractivity contribution in [1.29, 1.82) is 0 Å². The van der Waals surface area contributed by atoms with E-state index >= 15 is 0 Å². The van der Waals surface area contributed by atoms with E-state index in [4.69, 9.17) is 0 Å². The second-order valence-electron chi connectivity index (χ2n) is 4.30. The Kier molecular flexibility index (Phi) is 4.22. The summed E-state index contributed by atoms with van der Waals surface area (Å²) < 4.78 is 27.9. The van der Waals surface area contributed by atoms with Gasteiger partial charge in [0.15, 0.2) is 0 Å². The van der Waals surface area contributed by atoms with Crippen LogP contribution in [0.25, 0.3) is 0 Å². The van der Waals surface area contributed by atoms with E-state index in [1.165, 1.54) is 18.2 Å². The topological polar surface area (TPSA) is 24.9 Å². The molecule has 2 rings (SSSR count). The molecule has 2 nitrogen and oxygen atoms in total. The van der Waals surface area contributed by atoms with Crippen LogP contribution in [0.1, 0.15) is 29.8 Å². The predicted octanol–water partition coefficient (Wildman–Crippen LogP) is 3.37. The van der Waals surface area contributed by atoms with Crippen LogP contribution >= 0.6 is 0 Å². The molecule has 1 unspecified atom stereocenters. The highest BCUT2D eigenvalue weighted by molar-refractivity contribution is 5.35. The molecule has 0 aliphatic rings. The molecule has 1 aromatic heterocycles. The third-order valence-corrected chi connectivity index (χ3v) is 3.06. The van der Waals surface area contributed by atoms with E-state index in [-0.39, 0.29) is 5.56 Å². The quantitative estimate of drug-likeness (QED) is 0.913. The van der Waals surface area contributed by atoms with E-state index in [9.17, 15) is 8.78 Å². The Labute approximate surface area is 111 Å². The number of nitrogens with zero attached hydrogens (tertiary/aromatic N) is 1. The lowest BCUT2D eigenvalue weighted by molar-refractivity contribution is 0.508. The Balaban J connectivity index is 2.55. The SMILES string of the molecule is CCNC(c1cccnc1C)c1c(F)cccc1F. The molecule has 0 radical (unpaired) electrons. The molecule has 0 aliphatic heterocycles. The highest BCUT2D eigenvalue weighted by Crippen LogP contribution is 2.28. The first-order chi connectivity index (χ1) is 9.15. The van der Waals surface area contributed by atoms with Crippen molar-refractivity contribution in [3.63, 3.8) is 0 Å². The van der Waals surface area contributed by atoms with E-state index in [1.54, 1.807) is 12.3 Å². The van der Waals surface area contributed by atoms with Crippen LogP contribution < -0.4 is 5.32 Å². The molecule has 2 aromatic rings. The summed E-state index contributed by atoms with van der Waals surface area (Å²) in [6.07, 6.45) is 1.67. The van der Waals surface area contributed by atoms with E-state index in [0.717, 1.165) is 11.3 Å². The van der Waals surface area contributed by atoms with Crippen molar-refractivity contribution < 1.29 is 8.78 Å². The molecule has 1 atom stereocenters. The van der Waals surface area contributed by atoms with Crippen molar-refractivity contribution in [2.45, 2.75) is 19.9 Å². The maximum absolute atomic E-state index is 13.9. The maximum Gasteiger partial charge on any atom is 0.131 e. The summed E-state index contributed by atoms with van der Waals surface area (Å²) in [7, 11) is 0. The molecule has 0 amide bonds. The van der Waals surface area contributed by atoms with E-state index < -0.39 is 17.7 Å². The van der Waals surface area contributed by atoms with Gasteiger partial charge in [-0.25, -0.2) is 8.78 Å². The van der Waals surface area contributed by atoms with Crippen LogP contribution in [-0.2, 0) is 0 Å². The van der Waals surface area contributed by atoms with Crippen molar-refractivity contribution >= 4 is 0 Å². The van der Waals surface area contributed by atoms with Crippen LogP contribution in [0.15, 0.2) is 36.5 Å². The van der Waals surface area contributed by atoms with E-state index in [2.05, 4.69) is 10.3 Å². The number of hydrogen-bond acceptors (Lipinski definition) is 2. The number of pyridine rings is 1. The summed E-state index contributed by atoms with van der Waals surface area (Å²) in [4.78, 5) is 4.18. The third kappa shape index (κ3) is 2.79. The summed E-state index contributed by atoms with van der Waals surface area (Å²) in [5.41, 5.74) is 1.59. The molecular formula is C15H16F2N2. The average molecular weight is 262 g/mol. The monoisotopic (exact) mass is 262 g/mol. The zero-order chi connectivity index (χ0) is 13.8. The first-order valence-corrected chi connectivity index (χ1v) is 6.24. The summed E-state index contributed by atoms with van der Waals surface area (Å²) in [5.74, 6) is -1.09. The van der Waals surface area contributed by atoms with Crippen molar-refractivity contribution in [3.8, 4) is 0 Å². The number of rotatable bonds is 4. The van der Waals surface area contributed by atoms with Gasteiger partial charge in [-0.05, 0) is 37.2 Å². The second-order valence-corrected chi connectivity index (χ2v) is 4.30. The lowest BCUT2D eigenvalue weighted by Crippen LogP contribution is -2.25. The highest BCUT2D eigenvalue weighted by Gasteiger charge is 2.22.